The molecular formula is C16H22N2OS. The smallest absolute Gasteiger partial charge is 0.119 e. The van der Waals surface area contributed by atoms with Crippen molar-refractivity contribution in [3.05, 3.63) is 45.9 Å². The van der Waals surface area contributed by atoms with Crippen LogP contribution in [-0.2, 0) is 18.5 Å². The van der Waals surface area contributed by atoms with Crippen molar-refractivity contribution in [1.82, 2.24) is 10.3 Å². The topological polar surface area (TPSA) is 34.1 Å². The third kappa shape index (κ3) is 4.05. The zero-order chi connectivity index (χ0) is 14.6. The minimum absolute atomic E-state index is 0.135. The fourth-order valence-electron chi connectivity index (χ4n) is 1.85. The Labute approximate surface area is 125 Å². The molecule has 1 aromatic heterocycles. The Hall–Kier alpha value is -1.39. The van der Waals surface area contributed by atoms with E-state index in [4.69, 9.17) is 4.74 Å². The molecule has 0 bridgehead atoms. The van der Waals surface area contributed by atoms with E-state index in [1.807, 2.05) is 12.1 Å². The summed E-state index contributed by atoms with van der Waals surface area (Å²) in [7, 11) is 1.69. The first kappa shape index (κ1) is 15.0. The molecule has 1 aromatic carbocycles. The van der Waals surface area contributed by atoms with E-state index in [2.05, 4.69) is 48.6 Å². The maximum absolute atomic E-state index is 5.22. The van der Waals surface area contributed by atoms with Crippen LogP contribution in [0.3, 0.4) is 0 Å². The number of methoxy groups -OCH3 is 1. The van der Waals surface area contributed by atoms with Gasteiger partial charge in [-0.15, -0.1) is 11.3 Å². The van der Waals surface area contributed by atoms with Gasteiger partial charge in [0, 0.05) is 23.9 Å². The molecule has 0 aliphatic heterocycles. The molecule has 0 spiro atoms. The van der Waals surface area contributed by atoms with Gasteiger partial charge in [-0.3, -0.25) is 0 Å². The molecule has 0 fully saturated rings. The number of hydrogen-bond acceptors (Lipinski definition) is 4. The number of hydrogen-bond donors (Lipinski definition) is 1. The Morgan fingerprint density at radius 2 is 2.05 bits per heavy atom. The van der Waals surface area contributed by atoms with Gasteiger partial charge in [-0.1, -0.05) is 32.9 Å². The molecule has 0 radical (unpaired) electrons. The zero-order valence-corrected chi connectivity index (χ0v) is 13.4. The van der Waals surface area contributed by atoms with E-state index in [9.17, 15) is 0 Å². The van der Waals surface area contributed by atoms with Crippen LogP contribution >= 0.6 is 11.3 Å². The van der Waals surface area contributed by atoms with E-state index in [0.29, 0.717) is 0 Å². The maximum atomic E-state index is 5.22. The van der Waals surface area contributed by atoms with Gasteiger partial charge < -0.3 is 10.1 Å². The van der Waals surface area contributed by atoms with Gasteiger partial charge in [0.1, 0.15) is 5.75 Å². The Morgan fingerprint density at radius 1 is 1.25 bits per heavy atom. The molecule has 1 heterocycles. The van der Waals surface area contributed by atoms with Gasteiger partial charge in [-0.05, 0) is 17.7 Å². The second-order valence-corrected chi connectivity index (χ2v) is 6.71. The molecule has 0 atom stereocenters. The summed E-state index contributed by atoms with van der Waals surface area (Å²) in [6.07, 6.45) is 0. The monoisotopic (exact) mass is 290 g/mol. The Bertz CT molecular complexity index is 558. The van der Waals surface area contributed by atoms with Gasteiger partial charge in [0.2, 0.25) is 0 Å². The Kier molecular flexibility index (Phi) is 4.78. The molecule has 4 heteroatoms. The van der Waals surface area contributed by atoms with Crippen LogP contribution in [0.5, 0.6) is 5.75 Å². The summed E-state index contributed by atoms with van der Waals surface area (Å²) in [6, 6.07) is 8.11. The Morgan fingerprint density at radius 3 is 2.70 bits per heavy atom. The standard InChI is InChI=1S/C16H22N2OS/c1-16(2,3)15-18-13(11-20-15)10-17-9-12-6-5-7-14(8-12)19-4/h5-8,11,17H,9-10H2,1-4H3. The zero-order valence-electron chi connectivity index (χ0n) is 12.6. The van der Waals surface area contributed by atoms with Gasteiger partial charge >= 0.3 is 0 Å². The molecule has 0 saturated carbocycles. The van der Waals surface area contributed by atoms with Crippen LogP contribution in [0.15, 0.2) is 29.6 Å². The van der Waals surface area contributed by atoms with Crippen LogP contribution in [0.4, 0.5) is 0 Å². The average Bonchev–Trinajstić information content (AvgIpc) is 2.88. The van der Waals surface area contributed by atoms with E-state index in [-0.39, 0.29) is 5.41 Å². The highest BCUT2D eigenvalue weighted by Gasteiger charge is 2.17. The number of nitrogens with one attached hydrogen (secondary N) is 1. The number of thiazole rings is 1. The van der Waals surface area contributed by atoms with Crippen molar-refractivity contribution >= 4 is 11.3 Å². The number of nitrogens with zero attached hydrogens (tertiary/aromatic N) is 1. The third-order valence-corrected chi connectivity index (χ3v) is 4.28. The average molecular weight is 290 g/mol. The number of benzene rings is 1. The largest absolute Gasteiger partial charge is 0.497 e. The van der Waals surface area contributed by atoms with Gasteiger partial charge in [0.05, 0.1) is 17.8 Å². The number of rotatable bonds is 5. The molecule has 2 rings (SSSR count). The van der Waals surface area contributed by atoms with Gasteiger partial charge in [0.15, 0.2) is 0 Å². The highest BCUT2D eigenvalue weighted by Crippen LogP contribution is 2.25. The van der Waals surface area contributed by atoms with Crippen LogP contribution < -0.4 is 10.1 Å². The van der Waals surface area contributed by atoms with E-state index in [1.54, 1.807) is 18.4 Å². The lowest BCUT2D eigenvalue weighted by molar-refractivity contribution is 0.414. The van der Waals surface area contributed by atoms with Crippen molar-refractivity contribution in [1.29, 1.82) is 0 Å². The third-order valence-electron chi connectivity index (χ3n) is 2.96. The van der Waals surface area contributed by atoms with Crippen LogP contribution in [0.2, 0.25) is 0 Å². The first-order chi connectivity index (χ1) is 9.49. The molecule has 2 aromatic rings. The predicted octanol–water partition coefficient (Wildman–Crippen LogP) is 3.74. The van der Waals surface area contributed by atoms with Gasteiger partial charge in [0.25, 0.3) is 0 Å². The first-order valence-electron chi connectivity index (χ1n) is 6.77. The Balaban J connectivity index is 1.88. The second kappa shape index (κ2) is 6.37. The second-order valence-electron chi connectivity index (χ2n) is 5.85. The van der Waals surface area contributed by atoms with Crippen molar-refractivity contribution in [3.8, 4) is 5.75 Å². The van der Waals surface area contributed by atoms with Crippen LogP contribution in [0.25, 0.3) is 0 Å². The fourth-order valence-corrected chi connectivity index (χ4v) is 2.76. The molecule has 0 saturated heterocycles. The normalized spacial score (nSPS) is 11.6. The minimum Gasteiger partial charge on any atom is -0.497 e. The molecule has 0 aliphatic carbocycles. The lowest BCUT2D eigenvalue weighted by Gasteiger charge is -2.13. The molecule has 108 valence electrons. The lowest BCUT2D eigenvalue weighted by Crippen LogP contribution is -2.14. The minimum atomic E-state index is 0.135. The SMILES string of the molecule is COc1cccc(CNCc2csc(C(C)(C)C)n2)c1. The highest BCUT2D eigenvalue weighted by atomic mass is 32.1. The first-order valence-corrected chi connectivity index (χ1v) is 7.65. The summed E-state index contributed by atoms with van der Waals surface area (Å²) in [6.45, 7) is 8.20. The van der Waals surface area contributed by atoms with Gasteiger partial charge in [-0.2, -0.15) is 0 Å². The number of aromatic nitrogens is 1. The van der Waals surface area contributed by atoms with Crippen molar-refractivity contribution in [2.45, 2.75) is 39.3 Å². The summed E-state index contributed by atoms with van der Waals surface area (Å²) < 4.78 is 5.22. The van der Waals surface area contributed by atoms with Crippen molar-refractivity contribution in [2.24, 2.45) is 0 Å². The highest BCUT2D eigenvalue weighted by molar-refractivity contribution is 7.09. The molecule has 20 heavy (non-hydrogen) atoms. The van der Waals surface area contributed by atoms with Gasteiger partial charge in [-0.25, -0.2) is 4.98 Å². The summed E-state index contributed by atoms with van der Waals surface area (Å²) in [5.41, 5.74) is 2.47. The van der Waals surface area contributed by atoms with Crippen LogP contribution in [0, 0.1) is 0 Å². The molecule has 3 nitrogen and oxygen atoms in total. The molecule has 0 amide bonds. The molecule has 0 unspecified atom stereocenters. The lowest BCUT2D eigenvalue weighted by atomic mass is 9.98. The van der Waals surface area contributed by atoms with Crippen molar-refractivity contribution < 1.29 is 4.74 Å². The molecular weight excluding hydrogens is 268 g/mol. The fraction of sp³-hybridized carbons (Fsp3) is 0.438. The molecule has 1 N–H and O–H groups in total. The van der Waals surface area contributed by atoms with E-state index < -0.39 is 0 Å². The quantitative estimate of drug-likeness (QED) is 0.911. The summed E-state index contributed by atoms with van der Waals surface area (Å²) in [5.74, 6) is 0.896. The molecule has 0 aliphatic rings. The summed E-state index contributed by atoms with van der Waals surface area (Å²) in [4.78, 5) is 4.68. The maximum Gasteiger partial charge on any atom is 0.119 e. The van der Waals surface area contributed by atoms with Crippen LogP contribution in [-0.4, -0.2) is 12.1 Å². The summed E-state index contributed by atoms with van der Waals surface area (Å²) in [5, 5.41) is 6.75. The van der Waals surface area contributed by atoms with Crippen molar-refractivity contribution in [2.75, 3.05) is 7.11 Å². The van der Waals surface area contributed by atoms with E-state index >= 15 is 0 Å². The summed E-state index contributed by atoms with van der Waals surface area (Å²) >= 11 is 1.74. The van der Waals surface area contributed by atoms with Crippen molar-refractivity contribution in [3.63, 3.8) is 0 Å². The van der Waals surface area contributed by atoms with E-state index in [0.717, 1.165) is 24.5 Å². The van der Waals surface area contributed by atoms with Crippen LogP contribution in [0.1, 0.15) is 37.0 Å². The number of ether oxygens (including phenoxy) is 1. The van der Waals surface area contributed by atoms with E-state index in [1.165, 1.54) is 10.6 Å². The predicted molar refractivity (Wildman–Crippen MR) is 84.4 cm³/mol.